The lowest BCUT2D eigenvalue weighted by atomic mass is 9.96. The summed E-state index contributed by atoms with van der Waals surface area (Å²) in [4.78, 5) is 36.6. The maximum absolute atomic E-state index is 14.2. The zero-order chi connectivity index (χ0) is 43.7. The van der Waals surface area contributed by atoms with Crippen molar-refractivity contribution < 1.29 is 31.9 Å². The Morgan fingerprint density at radius 3 is 0.921 bits per heavy atom. The fraction of sp³-hybridized carbons (Fsp3) is 0.269. The Bertz CT molecular complexity index is 2130. The van der Waals surface area contributed by atoms with Crippen LogP contribution in [0.1, 0.15) is 70.5 Å². The van der Waals surface area contributed by atoms with Crippen molar-refractivity contribution in [1.82, 2.24) is 19.6 Å². The van der Waals surface area contributed by atoms with Crippen LogP contribution in [0.2, 0.25) is 0 Å². The van der Waals surface area contributed by atoms with E-state index >= 15 is 0 Å². The minimum absolute atomic E-state index is 0.0632. The van der Waals surface area contributed by atoms with Crippen LogP contribution in [0.4, 0.5) is 17.6 Å². The van der Waals surface area contributed by atoms with Gasteiger partial charge >= 0.3 is 0 Å². The number of hydrogen-bond donors (Lipinski definition) is 0. The lowest BCUT2D eigenvalue weighted by Gasteiger charge is -2.40. The van der Waals surface area contributed by atoms with Gasteiger partial charge in [0.15, 0.2) is 0 Å². The Morgan fingerprint density at radius 2 is 0.651 bits per heavy atom. The zero-order valence-electron chi connectivity index (χ0n) is 34.9. The van der Waals surface area contributed by atoms with E-state index in [0.717, 1.165) is 33.4 Å². The molecule has 0 radical (unpaired) electrons. The van der Waals surface area contributed by atoms with Crippen LogP contribution in [0.3, 0.4) is 0 Å². The molecule has 0 spiro atoms. The van der Waals surface area contributed by atoms with Crippen LogP contribution < -0.4 is 0 Å². The summed E-state index contributed by atoms with van der Waals surface area (Å²) in [5.74, 6) is -1.49. The highest BCUT2D eigenvalue weighted by Crippen LogP contribution is 2.35. The van der Waals surface area contributed by atoms with Gasteiger partial charge in [0.2, 0.25) is 11.8 Å². The zero-order valence-corrected chi connectivity index (χ0v) is 34.9. The van der Waals surface area contributed by atoms with Crippen LogP contribution in [-0.4, -0.2) is 83.8 Å². The number of rotatable bonds is 14. The van der Waals surface area contributed by atoms with Crippen molar-refractivity contribution in [2.24, 2.45) is 0 Å². The summed E-state index contributed by atoms with van der Waals surface area (Å²) in [6.45, 7) is 4.00. The van der Waals surface area contributed by atoms with Crippen LogP contribution in [-0.2, 0) is 14.3 Å². The van der Waals surface area contributed by atoms with Gasteiger partial charge in [0.25, 0.3) is 0 Å². The van der Waals surface area contributed by atoms with Crippen molar-refractivity contribution in [2.75, 3.05) is 52.4 Å². The summed E-state index contributed by atoms with van der Waals surface area (Å²) >= 11 is 0. The molecule has 11 heteroatoms. The predicted octanol–water partition coefficient (Wildman–Crippen LogP) is 9.69. The molecular formula is C52H50F4N4O3. The Hall–Kier alpha value is -6.14. The molecule has 0 bridgehead atoms. The first-order valence-corrected chi connectivity index (χ1v) is 21.5. The molecule has 2 aliphatic rings. The molecule has 6 aromatic rings. The Labute approximate surface area is 366 Å². The number of piperazine rings is 2. The second kappa shape index (κ2) is 20.4. The molecule has 2 atom stereocenters. The minimum atomic E-state index is -0.648. The second-order valence-corrected chi connectivity index (χ2v) is 16.2. The molecule has 2 aliphatic heterocycles. The lowest BCUT2D eigenvalue weighted by Crippen LogP contribution is -2.50. The first-order chi connectivity index (χ1) is 30.7. The van der Waals surface area contributed by atoms with Crippen LogP contribution >= 0.6 is 0 Å². The van der Waals surface area contributed by atoms with Crippen molar-refractivity contribution in [2.45, 2.75) is 37.1 Å². The SMILES string of the molecule is O=C(CC(OC(CC(=O)N1CCN(C(c2ccc(F)cc2)c2ccc(F)cc2)CC1)c1ccccc1)c1ccccc1)N1CCN(C(c2ccc(F)cc2)c2ccc(F)cc2)CC1. The van der Waals surface area contributed by atoms with Crippen molar-refractivity contribution in [3.05, 3.63) is 214 Å². The number of carbonyl (C=O) groups is 2. The molecule has 2 saturated heterocycles. The van der Waals surface area contributed by atoms with E-state index in [1.165, 1.54) is 48.5 Å². The number of hydrogen-bond acceptors (Lipinski definition) is 5. The first-order valence-electron chi connectivity index (χ1n) is 21.5. The summed E-state index contributed by atoms with van der Waals surface area (Å²) in [5.41, 5.74) is 5.16. The van der Waals surface area contributed by atoms with Crippen molar-refractivity contribution >= 4 is 11.8 Å². The molecular weight excluding hydrogens is 805 g/mol. The Kier molecular flexibility index (Phi) is 14.1. The lowest BCUT2D eigenvalue weighted by molar-refractivity contribution is -0.141. The summed E-state index contributed by atoms with van der Waals surface area (Å²) in [7, 11) is 0. The average Bonchev–Trinajstić information content (AvgIpc) is 3.32. The van der Waals surface area contributed by atoms with Crippen molar-refractivity contribution in [1.29, 1.82) is 0 Å². The largest absolute Gasteiger partial charge is 0.365 e. The van der Waals surface area contributed by atoms with E-state index in [9.17, 15) is 27.2 Å². The fourth-order valence-corrected chi connectivity index (χ4v) is 8.87. The number of nitrogens with zero attached hydrogens (tertiary/aromatic N) is 4. The van der Waals surface area contributed by atoms with E-state index in [4.69, 9.17) is 4.74 Å². The first kappa shape index (κ1) is 43.5. The molecule has 0 aromatic heterocycles. The highest BCUT2D eigenvalue weighted by atomic mass is 19.1. The van der Waals surface area contributed by atoms with Gasteiger partial charge in [0, 0.05) is 52.4 Å². The molecule has 2 amide bonds. The molecule has 63 heavy (non-hydrogen) atoms. The molecule has 2 unspecified atom stereocenters. The maximum Gasteiger partial charge on any atom is 0.225 e. The van der Waals surface area contributed by atoms with E-state index in [-0.39, 0.29) is 60.0 Å². The predicted molar refractivity (Wildman–Crippen MR) is 234 cm³/mol. The highest BCUT2D eigenvalue weighted by Gasteiger charge is 2.33. The Balaban J connectivity index is 0.949. The minimum Gasteiger partial charge on any atom is -0.365 e. The third-order valence-corrected chi connectivity index (χ3v) is 12.2. The third-order valence-electron chi connectivity index (χ3n) is 12.2. The average molecular weight is 855 g/mol. The van der Waals surface area contributed by atoms with Gasteiger partial charge in [-0.15, -0.1) is 0 Å². The summed E-state index contributed by atoms with van der Waals surface area (Å²) in [6.07, 6.45) is -1.17. The highest BCUT2D eigenvalue weighted by molar-refractivity contribution is 5.78. The molecule has 7 nitrogen and oxygen atoms in total. The molecule has 0 saturated carbocycles. The van der Waals surface area contributed by atoms with Crippen LogP contribution in [0.25, 0.3) is 0 Å². The van der Waals surface area contributed by atoms with Gasteiger partial charge in [-0.3, -0.25) is 19.4 Å². The monoisotopic (exact) mass is 854 g/mol. The standard InChI is InChI=1S/C52H50F4N4O3/c53-43-19-11-39(12-20-43)51(40-13-21-44(54)22-14-40)59-31-27-57(28-32-59)49(61)35-47(37-7-3-1-4-8-37)63-48(38-9-5-2-6-10-38)36-50(62)58-29-33-60(34-30-58)52(41-15-23-45(55)24-16-41)42-17-25-46(56)26-18-42/h1-26,47-48,51-52H,27-36H2. The molecule has 8 rings (SSSR count). The van der Waals surface area contributed by atoms with Crippen molar-refractivity contribution in [3.63, 3.8) is 0 Å². The number of halogens is 4. The van der Waals surface area contributed by atoms with Gasteiger partial charge in [0.05, 0.1) is 37.1 Å². The van der Waals surface area contributed by atoms with Gasteiger partial charge in [-0.25, -0.2) is 17.6 Å². The number of carbonyl (C=O) groups excluding carboxylic acids is 2. The topological polar surface area (TPSA) is 56.3 Å². The molecule has 2 fully saturated rings. The van der Waals surface area contributed by atoms with Crippen molar-refractivity contribution in [3.8, 4) is 0 Å². The summed E-state index contributed by atoms with van der Waals surface area (Å²) < 4.78 is 62.6. The van der Waals surface area contributed by atoms with Crippen LogP contribution in [0, 0.1) is 23.3 Å². The molecule has 6 aromatic carbocycles. The van der Waals surface area contributed by atoms with Gasteiger partial charge < -0.3 is 14.5 Å². The van der Waals surface area contributed by atoms with E-state index < -0.39 is 12.2 Å². The molecule has 2 heterocycles. The number of benzene rings is 6. The third kappa shape index (κ3) is 10.9. The van der Waals surface area contributed by atoms with E-state index in [1.807, 2.05) is 70.5 Å². The smallest absolute Gasteiger partial charge is 0.225 e. The van der Waals surface area contributed by atoms with Crippen LogP contribution in [0.5, 0.6) is 0 Å². The fourth-order valence-electron chi connectivity index (χ4n) is 8.87. The van der Waals surface area contributed by atoms with E-state index in [2.05, 4.69) is 9.80 Å². The second-order valence-electron chi connectivity index (χ2n) is 16.2. The van der Waals surface area contributed by atoms with Gasteiger partial charge in [-0.05, 0) is 81.9 Å². The molecule has 324 valence electrons. The maximum atomic E-state index is 14.2. The van der Waals surface area contributed by atoms with Gasteiger partial charge in [0.1, 0.15) is 23.3 Å². The van der Waals surface area contributed by atoms with Crippen LogP contribution in [0.15, 0.2) is 158 Å². The van der Waals surface area contributed by atoms with Gasteiger partial charge in [-0.2, -0.15) is 0 Å². The van der Waals surface area contributed by atoms with E-state index in [1.54, 1.807) is 48.5 Å². The number of amides is 2. The quantitative estimate of drug-likeness (QED) is 0.102. The van der Waals surface area contributed by atoms with Gasteiger partial charge in [-0.1, -0.05) is 109 Å². The Morgan fingerprint density at radius 1 is 0.381 bits per heavy atom. The molecule has 0 aliphatic carbocycles. The van der Waals surface area contributed by atoms with E-state index in [0.29, 0.717) is 52.4 Å². The summed E-state index contributed by atoms with van der Waals surface area (Å²) in [6, 6.07) is 44.1. The normalized spacial score (nSPS) is 16.0. The summed E-state index contributed by atoms with van der Waals surface area (Å²) in [5, 5.41) is 0. The molecule has 0 N–H and O–H groups in total. The number of ether oxygens (including phenoxy) is 1.